The van der Waals surface area contributed by atoms with Crippen molar-refractivity contribution >= 4 is 11.7 Å². The number of carbonyl (C=O) groups excluding carboxylic acids is 1. The molecule has 4 nitrogen and oxygen atoms in total. The second-order valence-electron chi connectivity index (χ2n) is 2.95. The smallest absolute Gasteiger partial charge is 0.332 e. The first kappa shape index (κ1) is 11.5. The van der Waals surface area contributed by atoms with Gasteiger partial charge in [0.1, 0.15) is 13.2 Å². The van der Waals surface area contributed by atoms with Crippen LogP contribution >= 0.6 is 0 Å². The molecule has 0 unspecified atom stereocenters. The van der Waals surface area contributed by atoms with E-state index in [9.17, 15) is 4.79 Å². The van der Waals surface area contributed by atoms with E-state index in [0.29, 0.717) is 13.2 Å². The van der Waals surface area contributed by atoms with E-state index in [1.165, 1.54) is 7.11 Å². The van der Waals surface area contributed by atoms with Gasteiger partial charge in [0.25, 0.3) is 0 Å². The third-order valence-corrected chi connectivity index (χ3v) is 1.73. The summed E-state index contributed by atoms with van der Waals surface area (Å²) in [6, 6.07) is 9.75. The van der Waals surface area contributed by atoms with Gasteiger partial charge in [-0.15, -0.1) is 0 Å². The number of esters is 1. The summed E-state index contributed by atoms with van der Waals surface area (Å²) < 4.78 is 9.50. The Morgan fingerprint density at radius 1 is 1.33 bits per heavy atom. The van der Waals surface area contributed by atoms with E-state index in [4.69, 9.17) is 4.74 Å². The summed E-state index contributed by atoms with van der Waals surface area (Å²) in [4.78, 5) is 10.9. The van der Waals surface area contributed by atoms with Crippen molar-refractivity contribution in [2.24, 2.45) is 0 Å². The van der Waals surface area contributed by atoms with E-state index in [1.54, 1.807) is 0 Å². The summed E-state index contributed by atoms with van der Waals surface area (Å²) in [7, 11) is 1.46. The highest BCUT2D eigenvalue weighted by atomic mass is 16.6. The molecule has 1 N–H and O–H groups in total. The maximum atomic E-state index is 10.9. The third-order valence-electron chi connectivity index (χ3n) is 1.73. The maximum Gasteiger partial charge on any atom is 0.332 e. The first-order valence-electron chi connectivity index (χ1n) is 4.76. The highest BCUT2D eigenvalue weighted by Gasteiger charge is 1.99. The summed E-state index contributed by atoms with van der Waals surface area (Å²) in [6.45, 7) is 0.946. The van der Waals surface area contributed by atoms with E-state index in [1.807, 2.05) is 30.3 Å². The zero-order valence-electron chi connectivity index (χ0n) is 8.73. The Morgan fingerprint density at radius 3 is 2.73 bits per heavy atom. The molecule has 0 aliphatic carbocycles. The first-order valence-corrected chi connectivity index (χ1v) is 4.76. The second kappa shape index (κ2) is 6.84. The topological polar surface area (TPSA) is 47.6 Å². The average Bonchev–Trinajstić information content (AvgIpc) is 2.26. The summed E-state index contributed by atoms with van der Waals surface area (Å²) in [5, 5.41) is 3.12. The van der Waals surface area contributed by atoms with Crippen molar-refractivity contribution in [2.45, 2.75) is 0 Å². The quantitative estimate of drug-likeness (QED) is 0.566. The van der Waals surface area contributed by atoms with Crippen molar-refractivity contribution in [1.82, 2.24) is 0 Å². The van der Waals surface area contributed by atoms with Crippen LogP contribution in [0.25, 0.3) is 0 Å². The molecule has 0 spiro atoms. The largest absolute Gasteiger partial charge is 0.462 e. The van der Waals surface area contributed by atoms with Crippen LogP contribution in [0.4, 0.5) is 5.69 Å². The van der Waals surface area contributed by atoms with E-state index < -0.39 is 0 Å². The van der Waals surface area contributed by atoms with Crippen molar-refractivity contribution in [3.8, 4) is 0 Å². The van der Waals surface area contributed by atoms with Crippen molar-refractivity contribution in [3.05, 3.63) is 30.3 Å². The Labute approximate surface area is 89.2 Å². The second-order valence-corrected chi connectivity index (χ2v) is 2.95. The molecule has 1 aromatic carbocycles. The van der Waals surface area contributed by atoms with Crippen LogP contribution in [-0.2, 0) is 14.3 Å². The molecule has 0 bridgehead atoms. The van der Waals surface area contributed by atoms with Gasteiger partial charge in [-0.3, -0.25) is 0 Å². The lowest BCUT2D eigenvalue weighted by Crippen LogP contribution is -2.16. The summed E-state index contributed by atoms with van der Waals surface area (Å²) in [5.74, 6) is -0.340. The van der Waals surface area contributed by atoms with E-state index in [2.05, 4.69) is 10.1 Å². The van der Waals surface area contributed by atoms with Crippen molar-refractivity contribution in [1.29, 1.82) is 0 Å². The fourth-order valence-corrected chi connectivity index (χ4v) is 1.08. The predicted molar refractivity (Wildman–Crippen MR) is 57.8 cm³/mol. The highest BCUT2D eigenvalue weighted by Crippen LogP contribution is 2.03. The zero-order chi connectivity index (χ0) is 10.9. The Morgan fingerprint density at radius 2 is 2.07 bits per heavy atom. The van der Waals surface area contributed by atoms with E-state index >= 15 is 0 Å². The third kappa shape index (κ3) is 5.02. The number of benzene rings is 1. The standard InChI is InChI=1S/C11H15NO3/c1-14-9-11(13)15-8-7-12-10-5-3-2-4-6-10/h2-6,12H,7-9H2,1H3. The molecule has 1 rings (SSSR count). The SMILES string of the molecule is COCC(=O)OCCNc1ccccc1. The fraction of sp³-hybridized carbons (Fsp3) is 0.364. The number of ether oxygens (including phenoxy) is 2. The number of para-hydroxylation sites is 1. The molecule has 1 aromatic rings. The van der Waals surface area contributed by atoms with Crippen molar-refractivity contribution in [2.75, 3.05) is 32.2 Å². The molecule has 0 aromatic heterocycles. The lowest BCUT2D eigenvalue weighted by Gasteiger charge is -2.06. The minimum absolute atomic E-state index is 0.00529. The van der Waals surface area contributed by atoms with Crippen LogP contribution in [0.1, 0.15) is 0 Å². The van der Waals surface area contributed by atoms with Crippen LogP contribution in [0.3, 0.4) is 0 Å². The van der Waals surface area contributed by atoms with Gasteiger partial charge in [-0.2, -0.15) is 0 Å². The number of hydrogen-bond donors (Lipinski definition) is 1. The molecular formula is C11H15NO3. The molecule has 82 valence electrons. The number of anilines is 1. The van der Waals surface area contributed by atoms with Crippen LogP contribution in [-0.4, -0.2) is 32.8 Å². The zero-order valence-corrected chi connectivity index (χ0v) is 8.73. The fourth-order valence-electron chi connectivity index (χ4n) is 1.08. The van der Waals surface area contributed by atoms with Gasteiger partial charge in [0, 0.05) is 19.3 Å². The first-order chi connectivity index (χ1) is 7.33. The molecule has 0 aliphatic rings. The highest BCUT2D eigenvalue weighted by molar-refractivity contribution is 5.70. The Bertz CT molecular complexity index is 287. The van der Waals surface area contributed by atoms with Crippen LogP contribution in [0.5, 0.6) is 0 Å². The van der Waals surface area contributed by atoms with Crippen LogP contribution < -0.4 is 5.32 Å². The van der Waals surface area contributed by atoms with Gasteiger partial charge in [0.05, 0.1) is 0 Å². The van der Waals surface area contributed by atoms with E-state index in [0.717, 1.165) is 5.69 Å². The van der Waals surface area contributed by atoms with Crippen molar-refractivity contribution in [3.63, 3.8) is 0 Å². The molecular weight excluding hydrogens is 194 g/mol. The average molecular weight is 209 g/mol. The lowest BCUT2D eigenvalue weighted by atomic mass is 10.3. The number of methoxy groups -OCH3 is 1. The van der Waals surface area contributed by atoms with Gasteiger partial charge in [0.15, 0.2) is 0 Å². The van der Waals surface area contributed by atoms with E-state index in [-0.39, 0.29) is 12.6 Å². The summed E-state index contributed by atoms with van der Waals surface area (Å²) >= 11 is 0. The summed E-state index contributed by atoms with van der Waals surface area (Å²) in [5.41, 5.74) is 1.01. The van der Waals surface area contributed by atoms with Crippen LogP contribution in [0, 0.1) is 0 Å². The molecule has 0 fully saturated rings. The Hall–Kier alpha value is -1.55. The lowest BCUT2D eigenvalue weighted by molar-refractivity contribution is -0.147. The van der Waals surface area contributed by atoms with Gasteiger partial charge in [-0.1, -0.05) is 18.2 Å². The number of nitrogens with one attached hydrogen (secondary N) is 1. The molecule has 4 heteroatoms. The molecule has 0 saturated heterocycles. The number of hydrogen-bond acceptors (Lipinski definition) is 4. The normalized spacial score (nSPS) is 9.67. The molecule has 0 radical (unpaired) electrons. The maximum absolute atomic E-state index is 10.9. The molecule has 0 saturated carbocycles. The van der Waals surface area contributed by atoms with Gasteiger partial charge in [-0.25, -0.2) is 4.79 Å². The predicted octanol–water partition coefficient (Wildman–Crippen LogP) is 1.29. The Balaban J connectivity index is 2.10. The number of carbonyl (C=O) groups is 1. The van der Waals surface area contributed by atoms with Crippen molar-refractivity contribution < 1.29 is 14.3 Å². The van der Waals surface area contributed by atoms with Gasteiger partial charge in [0.2, 0.25) is 0 Å². The van der Waals surface area contributed by atoms with Gasteiger partial charge >= 0.3 is 5.97 Å². The molecule has 0 amide bonds. The minimum atomic E-state index is -0.340. The van der Waals surface area contributed by atoms with Crippen LogP contribution in [0.2, 0.25) is 0 Å². The molecule has 0 aliphatic heterocycles. The minimum Gasteiger partial charge on any atom is -0.462 e. The summed E-state index contributed by atoms with van der Waals surface area (Å²) in [6.07, 6.45) is 0. The van der Waals surface area contributed by atoms with Crippen LogP contribution in [0.15, 0.2) is 30.3 Å². The molecule has 15 heavy (non-hydrogen) atoms. The molecule has 0 atom stereocenters. The van der Waals surface area contributed by atoms with Gasteiger partial charge in [-0.05, 0) is 12.1 Å². The monoisotopic (exact) mass is 209 g/mol. The number of rotatable bonds is 6. The Kier molecular flexibility index (Phi) is 5.25. The van der Waals surface area contributed by atoms with Gasteiger partial charge < -0.3 is 14.8 Å². The molecule has 0 heterocycles.